The van der Waals surface area contributed by atoms with E-state index in [2.05, 4.69) is 20.9 Å². The summed E-state index contributed by atoms with van der Waals surface area (Å²) < 4.78 is 0. The van der Waals surface area contributed by atoms with Crippen LogP contribution < -0.4 is 27.4 Å². The number of nitrogens with one attached hydrogen (secondary N) is 4. The van der Waals surface area contributed by atoms with Crippen molar-refractivity contribution < 1.29 is 24.3 Å². The van der Waals surface area contributed by atoms with Crippen molar-refractivity contribution in [3.05, 3.63) is 36.0 Å². The van der Waals surface area contributed by atoms with Crippen LogP contribution in [0.3, 0.4) is 0 Å². The molecule has 3 unspecified atom stereocenters. The van der Waals surface area contributed by atoms with Gasteiger partial charge in [0.2, 0.25) is 17.7 Å². The molecule has 0 spiro atoms. The second kappa shape index (κ2) is 14.2. The number of aromatic amines is 1. The number of fused-ring (bicyclic) bond motifs is 1. The Morgan fingerprint density at radius 1 is 0.944 bits per heavy atom. The number of amides is 3. The van der Waals surface area contributed by atoms with E-state index in [9.17, 15) is 24.3 Å². The third-order valence-corrected chi connectivity index (χ3v) is 5.84. The summed E-state index contributed by atoms with van der Waals surface area (Å²) in [5, 5.41) is 18.4. The Morgan fingerprint density at radius 3 is 2.25 bits per heavy atom. The standard InChI is InChI=1S/C25H38N6O5/c1-15(2)11-20(29-22(32)13-27)23(33)31-21(12-16-14-28-18-8-4-3-7-17(16)18)24(34)30-19(25(35)36)9-5-6-10-26/h3-4,7-8,14-15,19-21,28H,5-6,9-13,26-27H2,1-2H3,(H,29,32)(H,30,34)(H,31,33)(H,35,36). The molecular formula is C25H38N6O5. The highest BCUT2D eigenvalue weighted by atomic mass is 16.4. The van der Waals surface area contributed by atoms with Crippen LogP contribution in [0.2, 0.25) is 0 Å². The van der Waals surface area contributed by atoms with E-state index in [4.69, 9.17) is 11.5 Å². The molecule has 0 bridgehead atoms. The number of carbonyl (C=O) groups excluding carboxylic acids is 3. The number of carboxylic acids is 1. The highest BCUT2D eigenvalue weighted by Gasteiger charge is 2.30. The van der Waals surface area contributed by atoms with Crippen molar-refractivity contribution in [2.75, 3.05) is 13.1 Å². The number of carbonyl (C=O) groups is 4. The number of carboxylic acid groups (broad SMARTS) is 1. The number of aromatic nitrogens is 1. The van der Waals surface area contributed by atoms with Crippen LogP contribution in [0.1, 0.15) is 45.1 Å². The summed E-state index contributed by atoms with van der Waals surface area (Å²) >= 11 is 0. The fraction of sp³-hybridized carbons (Fsp3) is 0.520. The molecule has 3 amide bonds. The molecule has 11 heteroatoms. The second-order valence-corrected chi connectivity index (χ2v) is 9.26. The van der Waals surface area contributed by atoms with Crippen molar-refractivity contribution >= 4 is 34.6 Å². The van der Waals surface area contributed by atoms with E-state index in [-0.39, 0.29) is 25.3 Å². The lowest BCUT2D eigenvalue weighted by Gasteiger charge is -2.25. The van der Waals surface area contributed by atoms with Gasteiger partial charge in [-0.25, -0.2) is 4.79 Å². The molecule has 198 valence electrons. The Balaban J connectivity index is 2.29. The molecule has 0 aliphatic heterocycles. The Bertz CT molecular complexity index is 1040. The highest BCUT2D eigenvalue weighted by molar-refractivity contribution is 5.94. The first-order chi connectivity index (χ1) is 17.2. The van der Waals surface area contributed by atoms with E-state index in [0.717, 1.165) is 16.5 Å². The molecule has 0 fully saturated rings. The Labute approximate surface area is 210 Å². The van der Waals surface area contributed by atoms with E-state index >= 15 is 0 Å². The van der Waals surface area contributed by atoms with Gasteiger partial charge in [-0.1, -0.05) is 32.0 Å². The number of nitrogens with two attached hydrogens (primary N) is 2. The first kappa shape index (κ1) is 28.8. The molecule has 0 aliphatic carbocycles. The topological polar surface area (TPSA) is 192 Å². The van der Waals surface area contributed by atoms with E-state index in [0.29, 0.717) is 25.8 Å². The summed E-state index contributed by atoms with van der Waals surface area (Å²) in [6.45, 7) is 3.96. The van der Waals surface area contributed by atoms with Crippen LogP contribution in [0.5, 0.6) is 0 Å². The summed E-state index contributed by atoms with van der Waals surface area (Å²) in [4.78, 5) is 53.3. The number of H-pyrrole nitrogens is 1. The van der Waals surface area contributed by atoms with Crippen molar-refractivity contribution in [3.63, 3.8) is 0 Å². The quantitative estimate of drug-likeness (QED) is 0.171. The minimum Gasteiger partial charge on any atom is -0.480 e. The van der Waals surface area contributed by atoms with Crippen LogP contribution in [-0.4, -0.2) is 65.0 Å². The van der Waals surface area contributed by atoms with Crippen molar-refractivity contribution in [1.29, 1.82) is 0 Å². The van der Waals surface area contributed by atoms with Gasteiger partial charge in [-0.2, -0.15) is 0 Å². The first-order valence-corrected chi connectivity index (χ1v) is 12.2. The zero-order valence-corrected chi connectivity index (χ0v) is 20.9. The molecule has 0 aliphatic rings. The maximum absolute atomic E-state index is 13.3. The molecule has 0 saturated heterocycles. The molecule has 1 aromatic heterocycles. The summed E-state index contributed by atoms with van der Waals surface area (Å²) in [5.74, 6) is -2.73. The summed E-state index contributed by atoms with van der Waals surface area (Å²) in [6.07, 6.45) is 3.61. The van der Waals surface area contributed by atoms with Gasteiger partial charge < -0.3 is 37.5 Å². The minimum atomic E-state index is -1.16. The minimum absolute atomic E-state index is 0.0821. The molecule has 9 N–H and O–H groups in total. The lowest BCUT2D eigenvalue weighted by molar-refractivity contribution is -0.142. The van der Waals surface area contributed by atoms with Crippen molar-refractivity contribution in [2.24, 2.45) is 17.4 Å². The summed E-state index contributed by atoms with van der Waals surface area (Å²) in [5.41, 5.74) is 12.6. The molecule has 0 radical (unpaired) electrons. The monoisotopic (exact) mass is 502 g/mol. The molecule has 36 heavy (non-hydrogen) atoms. The fourth-order valence-corrected chi connectivity index (χ4v) is 3.98. The van der Waals surface area contributed by atoms with Gasteiger partial charge in [0.15, 0.2) is 0 Å². The summed E-state index contributed by atoms with van der Waals surface area (Å²) in [6, 6.07) is 4.46. The Hall–Kier alpha value is -3.44. The smallest absolute Gasteiger partial charge is 0.326 e. The highest BCUT2D eigenvalue weighted by Crippen LogP contribution is 2.19. The van der Waals surface area contributed by atoms with Crippen LogP contribution in [0.25, 0.3) is 10.9 Å². The summed E-state index contributed by atoms with van der Waals surface area (Å²) in [7, 11) is 0. The van der Waals surface area contributed by atoms with Crippen molar-refractivity contribution in [2.45, 2.75) is 64.1 Å². The van der Waals surface area contributed by atoms with Gasteiger partial charge in [-0.15, -0.1) is 0 Å². The van der Waals surface area contributed by atoms with E-state index < -0.39 is 41.8 Å². The lowest BCUT2D eigenvalue weighted by Crippen LogP contribution is -2.57. The molecule has 1 heterocycles. The van der Waals surface area contributed by atoms with Gasteiger partial charge in [0.25, 0.3) is 0 Å². The van der Waals surface area contributed by atoms with Gasteiger partial charge in [-0.05, 0) is 49.8 Å². The van der Waals surface area contributed by atoms with Gasteiger partial charge in [0, 0.05) is 23.5 Å². The van der Waals surface area contributed by atoms with E-state index in [1.165, 1.54) is 0 Å². The molecule has 3 atom stereocenters. The van der Waals surface area contributed by atoms with Crippen molar-refractivity contribution in [1.82, 2.24) is 20.9 Å². The SMILES string of the molecule is CC(C)CC(NC(=O)CN)C(=O)NC(Cc1c[nH]c2ccccc12)C(=O)NC(CCCCN)C(=O)O. The second-order valence-electron chi connectivity index (χ2n) is 9.26. The number of rotatable bonds is 15. The first-order valence-electron chi connectivity index (χ1n) is 12.2. The largest absolute Gasteiger partial charge is 0.480 e. The molecule has 0 saturated carbocycles. The molecule has 1 aromatic carbocycles. The zero-order chi connectivity index (χ0) is 26.7. The predicted molar refractivity (Wildman–Crippen MR) is 137 cm³/mol. The van der Waals surface area contributed by atoms with Crippen LogP contribution in [0, 0.1) is 5.92 Å². The number of hydrogen-bond acceptors (Lipinski definition) is 6. The van der Waals surface area contributed by atoms with Crippen LogP contribution in [0.15, 0.2) is 30.5 Å². The third-order valence-electron chi connectivity index (χ3n) is 5.84. The third kappa shape index (κ3) is 8.65. The Morgan fingerprint density at radius 2 is 1.61 bits per heavy atom. The lowest BCUT2D eigenvalue weighted by atomic mass is 10.0. The molecule has 2 aromatic rings. The van der Waals surface area contributed by atoms with Gasteiger partial charge in [-0.3, -0.25) is 14.4 Å². The fourth-order valence-electron chi connectivity index (χ4n) is 3.98. The van der Waals surface area contributed by atoms with Gasteiger partial charge in [0.05, 0.1) is 6.54 Å². The number of unbranched alkanes of at least 4 members (excludes halogenated alkanes) is 1. The van der Waals surface area contributed by atoms with E-state index in [1.807, 2.05) is 38.1 Å². The van der Waals surface area contributed by atoms with Crippen LogP contribution in [-0.2, 0) is 25.6 Å². The van der Waals surface area contributed by atoms with E-state index in [1.54, 1.807) is 6.20 Å². The number of hydrogen-bond donors (Lipinski definition) is 7. The number of aliphatic carboxylic acids is 1. The maximum atomic E-state index is 13.3. The van der Waals surface area contributed by atoms with Crippen LogP contribution in [0.4, 0.5) is 0 Å². The maximum Gasteiger partial charge on any atom is 0.326 e. The number of benzene rings is 1. The Kier molecular flexibility index (Phi) is 11.4. The average Bonchev–Trinajstić information content (AvgIpc) is 3.24. The molecular weight excluding hydrogens is 464 g/mol. The normalized spacial score (nSPS) is 13.7. The molecule has 2 rings (SSSR count). The van der Waals surface area contributed by atoms with Gasteiger partial charge >= 0.3 is 5.97 Å². The van der Waals surface area contributed by atoms with Crippen molar-refractivity contribution in [3.8, 4) is 0 Å². The van der Waals surface area contributed by atoms with Crippen LogP contribution >= 0.6 is 0 Å². The number of para-hydroxylation sites is 1. The zero-order valence-electron chi connectivity index (χ0n) is 20.9. The van der Waals surface area contributed by atoms with Gasteiger partial charge in [0.1, 0.15) is 18.1 Å². The predicted octanol–water partition coefficient (Wildman–Crippen LogP) is 0.383. The average molecular weight is 503 g/mol. The molecule has 11 nitrogen and oxygen atoms in total.